The number of hydrogen-bond acceptors (Lipinski definition) is 2. The Morgan fingerprint density at radius 2 is 2.00 bits per heavy atom. The van der Waals surface area contributed by atoms with E-state index in [9.17, 15) is 10.1 Å². The Balaban J connectivity index is 2.80. The third-order valence-electron chi connectivity index (χ3n) is 1.57. The average molecular weight is 289 g/mol. The van der Waals surface area contributed by atoms with E-state index in [4.69, 9.17) is 11.6 Å². The monoisotopic (exact) mass is 287 g/mol. The summed E-state index contributed by atoms with van der Waals surface area (Å²) >= 11 is 9.21. The zero-order valence-corrected chi connectivity index (χ0v) is 9.90. The highest BCUT2D eigenvalue weighted by Crippen LogP contribution is 2.20. The minimum atomic E-state index is -0.539. The average Bonchev–Trinajstić information content (AvgIpc) is 2.18. The lowest BCUT2D eigenvalue weighted by molar-refractivity contribution is -0.402. The van der Waals surface area contributed by atoms with Gasteiger partial charge in [0.15, 0.2) is 0 Å². The first-order valence-corrected chi connectivity index (χ1v) is 5.20. The van der Waals surface area contributed by atoms with Gasteiger partial charge in [-0.1, -0.05) is 39.7 Å². The predicted octanol–water partition coefficient (Wildman–Crippen LogP) is 3.82. The van der Waals surface area contributed by atoms with Crippen molar-refractivity contribution in [2.75, 3.05) is 0 Å². The standard InChI is InChI=1S/C10H7BrClNO2/c11-9-5-3-8(4-6-9)10(12)2-1-7-13(14)15/h1-7H. The molecule has 0 bridgehead atoms. The Bertz CT molecular complexity index is 412. The van der Waals surface area contributed by atoms with Crippen LogP contribution in [-0.2, 0) is 0 Å². The zero-order valence-electron chi connectivity index (χ0n) is 7.56. The maximum absolute atomic E-state index is 10.0. The van der Waals surface area contributed by atoms with Crippen LogP contribution in [0.4, 0.5) is 0 Å². The Morgan fingerprint density at radius 1 is 1.40 bits per heavy atom. The molecule has 3 nitrogen and oxygen atoms in total. The van der Waals surface area contributed by atoms with Crippen LogP contribution in [0, 0.1) is 10.1 Å². The lowest BCUT2D eigenvalue weighted by atomic mass is 10.2. The number of hydrogen-bond donors (Lipinski definition) is 0. The van der Waals surface area contributed by atoms with Crippen molar-refractivity contribution in [3.8, 4) is 0 Å². The fourth-order valence-corrected chi connectivity index (χ4v) is 1.37. The van der Waals surface area contributed by atoms with Gasteiger partial charge in [0, 0.05) is 15.6 Å². The van der Waals surface area contributed by atoms with Gasteiger partial charge in [-0.2, -0.15) is 0 Å². The summed E-state index contributed by atoms with van der Waals surface area (Å²) in [4.78, 5) is 9.46. The van der Waals surface area contributed by atoms with Gasteiger partial charge in [-0.3, -0.25) is 10.1 Å². The first kappa shape index (κ1) is 11.9. The molecule has 78 valence electrons. The molecule has 1 rings (SSSR count). The van der Waals surface area contributed by atoms with Gasteiger partial charge in [0.05, 0.1) is 4.92 Å². The zero-order chi connectivity index (χ0) is 11.3. The third kappa shape index (κ3) is 4.27. The molecule has 0 atom stereocenters. The fraction of sp³-hybridized carbons (Fsp3) is 0. The normalized spacial score (nSPS) is 12.0. The first-order valence-electron chi connectivity index (χ1n) is 4.03. The van der Waals surface area contributed by atoms with Gasteiger partial charge in [-0.15, -0.1) is 0 Å². The largest absolute Gasteiger partial charge is 0.259 e. The van der Waals surface area contributed by atoms with E-state index in [2.05, 4.69) is 15.9 Å². The number of nitro groups is 1. The van der Waals surface area contributed by atoms with Crippen molar-refractivity contribution in [2.45, 2.75) is 0 Å². The van der Waals surface area contributed by atoms with E-state index < -0.39 is 4.92 Å². The molecular formula is C10H7BrClNO2. The van der Waals surface area contributed by atoms with Gasteiger partial charge >= 0.3 is 0 Å². The Hall–Kier alpha value is -1.13. The van der Waals surface area contributed by atoms with Crippen LogP contribution >= 0.6 is 27.5 Å². The molecule has 1 aromatic rings. The predicted molar refractivity (Wildman–Crippen MR) is 64.1 cm³/mol. The second-order valence-corrected chi connectivity index (χ2v) is 3.97. The van der Waals surface area contributed by atoms with Crippen LogP contribution in [0.25, 0.3) is 5.03 Å². The lowest BCUT2D eigenvalue weighted by Gasteiger charge is -1.97. The van der Waals surface area contributed by atoms with Crippen LogP contribution in [0.5, 0.6) is 0 Å². The van der Waals surface area contributed by atoms with E-state index in [-0.39, 0.29) is 0 Å². The summed E-state index contributed by atoms with van der Waals surface area (Å²) in [6.07, 6.45) is 3.61. The molecule has 0 spiro atoms. The minimum Gasteiger partial charge on any atom is -0.259 e. The summed E-state index contributed by atoms with van der Waals surface area (Å²) < 4.78 is 0.955. The van der Waals surface area contributed by atoms with Crippen LogP contribution < -0.4 is 0 Å². The topological polar surface area (TPSA) is 43.1 Å². The SMILES string of the molecule is O=[N+]([O-])C=CC=C(Cl)c1ccc(Br)cc1. The van der Waals surface area contributed by atoms with Crippen molar-refractivity contribution < 1.29 is 4.92 Å². The first-order chi connectivity index (χ1) is 7.09. The van der Waals surface area contributed by atoms with Gasteiger partial charge in [0.2, 0.25) is 6.20 Å². The molecule has 1 aromatic carbocycles. The van der Waals surface area contributed by atoms with Crippen LogP contribution in [0.15, 0.2) is 47.1 Å². The van der Waals surface area contributed by atoms with Crippen LogP contribution in [0.2, 0.25) is 0 Å². The smallest absolute Gasteiger partial charge is 0.234 e. The van der Waals surface area contributed by atoms with Gasteiger partial charge in [-0.25, -0.2) is 0 Å². The van der Waals surface area contributed by atoms with Gasteiger partial charge in [0.1, 0.15) is 0 Å². The molecule has 0 N–H and O–H groups in total. The Morgan fingerprint density at radius 3 is 2.53 bits per heavy atom. The molecule has 0 saturated carbocycles. The summed E-state index contributed by atoms with van der Waals surface area (Å²) in [5.74, 6) is 0. The maximum Gasteiger partial charge on any atom is 0.234 e. The molecule has 0 unspecified atom stereocenters. The van der Waals surface area contributed by atoms with Crippen LogP contribution in [0.3, 0.4) is 0 Å². The van der Waals surface area contributed by atoms with E-state index in [1.165, 1.54) is 12.2 Å². The minimum absolute atomic E-state index is 0.459. The van der Waals surface area contributed by atoms with Crippen molar-refractivity contribution in [3.05, 3.63) is 62.8 Å². The molecule has 0 aliphatic heterocycles. The molecule has 15 heavy (non-hydrogen) atoms. The third-order valence-corrected chi connectivity index (χ3v) is 2.44. The Labute approximate surface area is 100 Å². The van der Waals surface area contributed by atoms with Gasteiger partial charge in [-0.05, 0) is 23.8 Å². The Kier molecular flexibility index (Phi) is 4.52. The molecule has 0 radical (unpaired) electrons. The van der Waals surface area contributed by atoms with E-state index >= 15 is 0 Å². The lowest BCUT2D eigenvalue weighted by Crippen LogP contribution is -1.81. The van der Waals surface area contributed by atoms with Crippen molar-refractivity contribution in [2.24, 2.45) is 0 Å². The van der Waals surface area contributed by atoms with E-state index in [1.807, 2.05) is 24.3 Å². The summed E-state index contributed by atoms with van der Waals surface area (Å²) in [6, 6.07) is 7.34. The van der Waals surface area contributed by atoms with Crippen molar-refractivity contribution >= 4 is 32.6 Å². The fourth-order valence-electron chi connectivity index (χ4n) is 0.903. The summed E-state index contributed by atoms with van der Waals surface area (Å²) in [7, 11) is 0. The van der Waals surface area contributed by atoms with Crippen molar-refractivity contribution in [3.63, 3.8) is 0 Å². The maximum atomic E-state index is 10.0. The highest BCUT2D eigenvalue weighted by molar-refractivity contribution is 9.10. The second-order valence-electron chi connectivity index (χ2n) is 2.65. The second kappa shape index (κ2) is 5.68. The molecule has 0 aliphatic carbocycles. The molecular weight excluding hydrogens is 281 g/mol. The van der Waals surface area contributed by atoms with Gasteiger partial charge < -0.3 is 0 Å². The van der Waals surface area contributed by atoms with Crippen LogP contribution in [-0.4, -0.2) is 4.92 Å². The molecule has 0 amide bonds. The summed E-state index contributed by atoms with van der Waals surface area (Å²) in [5.41, 5.74) is 0.813. The van der Waals surface area contributed by atoms with E-state index in [1.54, 1.807) is 0 Å². The molecule has 0 aromatic heterocycles. The molecule has 0 saturated heterocycles. The van der Waals surface area contributed by atoms with E-state index in [0.717, 1.165) is 16.2 Å². The summed E-state index contributed by atoms with van der Waals surface area (Å²) in [5, 5.41) is 10.5. The number of rotatable bonds is 3. The van der Waals surface area contributed by atoms with Crippen molar-refractivity contribution in [1.29, 1.82) is 0 Å². The van der Waals surface area contributed by atoms with Gasteiger partial charge in [0.25, 0.3) is 0 Å². The number of halogens is 2. The summed E-state index contributed by atoms with van der Waals surface area (Å²) in [6.45, 7) is 0. The molecule has 0 aliphatic rings. The number of allylic oxidation sites excluding steroid dienone is 2. The number of benzene rings is 1. The number of nitrogens with zero attached hydrogens (tertiary/aromatic N) is 1. The molecule has 0 heterocycles. The van der Waals surface area contributed by atoms with Crippen molar-refractivity contribution in [1.82, 2.24) is 0 Å². The quantitative estimate of drug-likeness (QED) is 0.482. The van der Waals surface area contributed by atoms with E-state index in [0.29, 0.717) is 5.03 Å². The highest BCUT2D eigenvalue weighted by Gasteiger charge is 1.96. The van der Waals surface area contributed by atoms with Crippen LogP contribution in [0.1, 0.15) is 5.56 Å². The molecule has 0 fully saturated rings. The molecule has 5 heteroatoms. The highest BCUT2D eigenvalue weighted by atomic mass is 79.9.